The van der Waals surface area contributed by atoms with Gasteiger partial charge in [-0.1, -0.05) is 54.6 Å². The summed E-state index contributed by atoms with van der Waals surface area (Å²) in [6, 6.07) is 13.9. The Balaban J connectivity index is 2.16. The minimum Gasteiger partial charge on any atom is -0.294 e. The second-order valence-corrected chi connectivity index (χ2v) is 5.61. The molecule has 0 unspecified atom stereocenters. The second-order valence-electron chi connectivity index (χ2n) is 5.61. The van der Waals surface area contributed by atoms with Gasteiger partial charge in [0.05, 0.1) is 6.42 Å². The molecule has 0 heterocycles. The molecule has 144 valence electrons. The van der Waals surface area contributed by atoms with Crippen molar-refractivity contribution in [1.82, 2.24) is 0 Å². The summed E-state index contributed by atoms with van der Waals surface area (Å²) in [5.41, 5.74) is 1.14. The van der Waals surface area contributed by atoms with Gasteiger partial charge in [0.25, 0.3) is 0 Å². The van der Waals surface area contributed by atoms with Crippen LogP contribution in [0.5, 0.6) is 0 Å². The van der Waals surface area contributed by atoms with Gasteiger partial charge >= 0.3 is 18.0 Å². The van der Waals surface area contributed by atoms with Crippen molar-refractivity contribution in [3.05, 3.63) is 60.2 Å². The highest BCUT2D eigenvalue weighted by Crippen LogP contribution is 2.47. The van der Waals surface area contributed by atoms with Gasteiger partial charge in [0.15, 0.2) is 5.78 Å². The zero-order valence-electron chi connectivity index (χ0n) is 13.4. The highest BCUT2D eigenvalue weighted by atomic mass is 19.4. The Morgan fingerprint density at radius 2 is 1.19 bits per heavy atom. The lowest BCUT2D eigenvalue weighted by Crippen LogP contribution is -2.56. The minimum absolute atomic E-state index is 0.269. The molecule has 27 heavy (non-hydrogen) atoms. The first-order valence-electron chi connectivity index (χ1n) is 7.42. The average molecular weight is 392 g/mol. The summed E-state index contributed by atoms with van der Waals surface area (Å²) in [5, 5.41) is 0. The summed E-state index contributed by atoms with van der Waals surface area (Å²) >= 11 is 0. The number of carbonyl (C=O) groups excluding carboxylic acids is 2. The lowest BCUT2D eigenvalue weighted by atomic mass is 9.97. The van der Waals surface area contributed by atoms with Crippen molar-refractivity contribution in [2.24, 2.45) is 0 Å². The summed E-state index contributed by atoms with van der Waals surface area (Å²) in [7, 11) is 0. The van der Waals surface area contributed by atoms with E-state index < -0.39 is 36.0 Å². The summed E-state index contributed by atoms with van der Waals surface area (Å²) < 4.78 is 88.5. The van der Waals surface area contributed by atoms with Gasteiger partial charge in [0.1, 0.15) is 0 Å². The van der Waals surface area contributed by atoms with Gasteiger partial charge < -0.3 is 0 Å². The fourth-order valence-electron chi connectivity index (χ4n) is 2.19. The molecule has 0 aromatic heterocycles. The van der Waals surface area contributed by atoms with E-state index in [0.29, 0.717) is 5.56 Å². The smallest absolute Gasteiger partial charge is 0.294 e. The molecule has 2 aromatic carbocycles. The van der Waals surface area contributed by atoms with Gasteiger partial charge in [-0.05, 0) is 11.1 Å². The molecule has 0 amide bonds. The molecular weight excluding hydrogens is 381 g/mol. The fourth-order valence-corrected chi connectivity index (χ4v) is 2.19. The maximum Gasteiger partial charge on any atom is 0.460 e. The summed E-state index contributed by atoms with van der Waals surface area (Å²) in [4.78, 5) is 23.1. The lowest BCUT2D eigenvalue weighted by Gasteiger charge is -2.26. The molecule has 0 aliphatic carbocycles. The molecular formula is C18H11F7O2. The first-order valence-corrected chi connectivity index (χ1v) is 7.42. The number of alkyl halides is 7. The van der Waals surface area contributed by atoms with E-state index in [1.165, 1.54) is 12.1 Å². The van der Waals surface area contributed by atoms with Crippen molar-refractivity contribution in [2.45, 2.75) is 24.4 Å². The number of hydrogen-bond acceptors (Lipinski definition) is 2. The van der Waals surface area contributed by atoms with E-state index in [4.69, 9.17) is 0 Å². The quantitative estimate of drug-likeness (QED) is 0.378. The van der Waals surface area contributed by atoms with Crippen LogP contribution in [-0.2, 0) is 4.79 Å². The van der Waals surface area contributed by atoms with Crippen molar-refractivity contribution in [1.29, 1.82) is 0 Å². The SMILES string of the molecule is O=C(CC(=O)C(F)(F)C(F)(F)C(F)(F)F)c1ccc(-c2ccccc2)cc1. The lowest BCUT2D eigenvalue weighted by molar-refractivity contribution is -0.343. The van der Waals surface area contributed by atoms with Crippen LogP contribution in [-0.4, -0.2) is 29.6 Å². The van der Waals surface area contributed by atoms with Gasteiger partial charge in [0, 0.05) is 5.56 Å². The molecule has 2 nitrogen and oxygen atoms in total. The highest BCUT2D eigenvalue weighted by Gasteiger charge is 2.75. The van der Waals surface area contributed by atoms with Gasteiger partial charge in [-0.2, -0.15) is 30.7 Å². The first kappa shape index (κ1) is 20.6. The maximum atomic E-state index is 13.3. The molecule has 0 fully saturated rings. The summed E-state index contributed by atoms with van der Waals surface area (Å²) in [6.07, 6.45) is -8.42. The van der Waals surface area contributed by atoms with Crippen LogP contribution in [0.15, 0.2) is 54.6 Å². The predicted molar refractivity (Wildman–Crippen MR) is 81.8 cm³/mol. The predicted octanol–water partition coefficient (Wildman–Crippen LogP) is 5.33. The van der Waals surface area contributed by atoms with E-state index in [9.17, 15) is 40.3 Å². The minimum atomic E-state index is -6.63. The number of carbonyl (C=O) groups is 2. The first-order chi connectivity index (χ1) is 12.4. The van der Waals surface area contributed by atoms with Crippen LogP contribution in [0.4, 0.5) is 30.7 Å². The molecule has 0 spiro atoms. The zero-order valence-corrected chi connectivity index (χ0v) is 13.4. The van der Waals surface area contributed by atoms with Crippen LogP contribution in [0.3, 0.4) is 0 Å². The number of Topliss-reactive ketones (excluding diaryl/α,β-unsaturated/α-hetero) is 2. The van der Waals surface area contributed by atoms with E-state index in [-0.39, 0.29) is 5.56 Å². The molecule has 0 radical (unpaired) electrons. The van der Waals surface area contributed by atoms with Crippen molar-refractivity contribution < 1.29 is 40.3 Å². The molecule has 0 atom stereocenters. The number of benzene rings is 2. The van der Waals surface area contributed by atoms with E-state index in [2.05, 4.69) is 0 Å². The third kappa shape index (κ3) is 4.01. The molecule has 0 bridgehead atoms. The molecule has 0 saturated carbocycles. The molecule has 0 N–H and O–H groups in total. The Morgan fingerprint density at radius 3 is 1.67 bits per heavy atom. The molecule has 0 aliphatic rings. The monoisotopic (exact) mass is 392 g/mol. The Labute approximate surface area is 148 Å². The highest BCUT2D eigenvalue weighted by molar-refractivity contribution is 6.10. The maximum absolute atomic E-state index is 13.3. The van der Waals surface area contributed by atoms with Crippen LogP contribution in [0.1, 0.15) is 16.8 Å². The Hall–Kier alpha value is -2.71. The van der Waals surface area contributed by atoms with Crippen LogP contribution >= 0.6 is 0 Å². The molecule has 9 heteroatoms. The average Bonchev–Trinajstić information content (AvgIpc) is 2.61. The number of ketones is 2. The Bertz CT molecular complexity index is 825. The van der Waals surface area contributed by atoms with E-state index in [0.717, 1.165) is 17.7 Å². The van der Waals surface area contributed by atoms with Gasteiger partial charge in [-0.25, -0.2) is 0 Å². The molecule has 2 rings (SSSR count). The third-order valence-corrected chi connectivity index (χ3v) is 3.74. The van der Waals surface area contributed by atoms with Crippen molar-refractivity contribution >= 4 is 11.6 Å². The third-order valence-electron chi connectivity index (χ3n) is 3.74. The Kier molecular flexibility index (Phi) is 5.44. The topological polar surface area (TPSA) is 34.1 Å². The standard InChI is InChI=1S/C18H11F7O2/c19-16(20,17(21,22)18(23,24)25)15(27)10-14(26)13-8-6-12(7-9-13)11-4-2-1-3-5-11/h1-9H,10H2. The van der Waals surface area contributed by atoms with Crippen LogP contribution in [0, 0.1) is 0 Å². The molecule has 2 aromatic rings. The largest absolute Gasteiger partial charge is 0.460 e. The fraction of sp³-hybridized carbons (Fsp3) is 0.222. The van der Waals surface area contributed by atoms with Gasteiger partial charge in [0.2, 0.25) is 5.78 Å². The second kappa shape index (κ2) is 7.13. The van der Waals surface area contributed by atoms with Gasteiger partial charge in [-0.3, -0.25) is 9.59 Å². The zero-order chi connectivity index (χ0) is 20.5. The van der Waals surface area contributed by atoms with Crippen LogP contribution in [0.25, 0.3) is 11.1 Å². The normalized spacial score (nSPS) is 12.7. The number of hydrogen-bond donors (Lipinski definition) is 0. The van der Waals surface area contributed by atoms with Crippen molar-refractivity contribution in [2.75, 3.05) is 0 Å². The van der Waals surface area contributed by atoms with Crippen LogP contribution < -0.4 is 0 Å². The van der Waals surface area contributed by atoms with Crippen molar-refractivity contribution in [3.8, 4) is 11.1 Å². The van der Waals surface area contributed by atoms with E-state index in [1.807, 2.05) is 0 Å². The number of halogens is 7. The summed E-state index contributed by atoms with van der Waals surface area (Å²) in [6.45, 7) is 0. The Morgan fingerprint density at radius 1 is 0.704 bits per heavy atom. The van der Waals surface area contributed by atoms with Gasteiger partial charge in [-0.15, -0.1) is 0 Å². The number of rotatable bonds is 6. The van der Waals surface area contributed by atoms with E-state index in [1.54, 1.807) is 30.3 Å². The molecule has 0 saturated heterocycles. The summed E-state index contributed by atoms with van der Waals surface area (Å²) in [5.74, 6) is -16.7. The van der Waals surface area contributed by atoms with Crippen LogP contribution in [0.2, 0.25) is 0 Å². The molecule has 0 aliphatic heterocycles. The van der Waals surface area contributed by atoms with E-state index >= 15 is 0 Å². The van der Waals surface area contributed by atoms with Crippen molar-refractivity contribution in [3.63, 3.8) is 0 Å².